The minimum Gasteiger partial charge on any atom is -0.497 e. The van der Waals surface area contributed by atoms with Gasteiger partial charge in [-0.2, -0.15) is 5.10 Å². The monoisotopic (exact) mass is 361 g/mol. The fourth-order valence-electron chi connectivity index (χ4n) is 3.40. The molecule has 6 heteroatoms. The summed E-state index contributed by atoms with van der Waals surface area (Å²) in [5, 5.41) is 10.1. The van der Waals surface area contributed by atoms with Crippen LogP contribution in [0.15, 0.2) is 42.5 Å². The molecule has 2 N–H and O–H groups in total. The lowest BCUT2D eigenvalue weighted by Gasteiger charge is -2.17. The number of benzene rings is 2. The number of ether oxygens (including phenoxy) is 1. The van der Waals surface area contributed by atoms with Crippen LogP contribution in [0.4, 0.5) is 5.69 Å². The molecule has 0 atom stereocenters. The van der Waals surface area contributed by atoms with Gasteiger partial charge >= 0.3 is 0 Å². The number of aromatic nitrogens is 2. The number of Topliss-reactive ketones (excluding diaryl/α,β-unsaturated/α-hetero) is 1. The molecule has 0 unspecified atom stereocenters. The van der Waals surface area contributed by atoms with E-state index in [1.54, 1.807) is 31.4 Å². The van der Waals surface area contributed by atoms with E-state index in [0.29, 0.717) is 16.9 Å². The third-order valence-electron chi connectivity index (χ3n) is 4.86. The van der Waals surface area contributed by atoms with Crippen LogP contribution in [0.2, 0.25) is 0 Å². The van der Waals surface area contributed by atoms with Crippen LogP contribution in [0.5, 0.6) is 5.75 Å². The molecule has 4 rings (SSSR count). The van der Waals surface area contributed by atoms with E-state index in [-0.39, 0.29) is 11.7 Å². The summed E-state index contributed by atoms with van der Waals surface area (Å²) in [5.41, 5.74) is 5.65. The molecular weight excluding hydrogens is 342 g/mol. The quantitative estimate of drug-likeness (QED) is 0.695. The van der Waals surface area contributed by atoms with Crippen molar-refractivity contribution in [2.24, 2.45) is 0 Å². The first kappa shape index (κ1) is 17.0. The number of hydrogen-bond acceptors (Lipinski definition) is 4. The Balaban J connectivity index is 1.60. The van der Waals surface area contributed by atoms with Gasteiger partial charge < -0.3 is 10.1 Å². The van der Waals surface area contributed by atoms with Gasteiger partial charge in [0.15, 0.2) is 5.78 Å². The zero-order valence-electron chi connectivity index (χ0n) is 15.1. The number of hydrogen-bond donors (Lipinski definition) is 2. The molecule has 1 aliphatic carbocycles. The standard InChI is InChI=1S/C21H19N3O3/c1-12(25)13-3-6-15(7-4-13)22-21(26)20-18-9-5-14-11-16(27-2)8-10-17(14)19(18)23-24-20/h3-4,6-8,10-11H,5,9H2,1-2H3,(H,22,26)(H,23,24). The number of H-pyrrole nitrogens is 1. The maximum Gasteiger partial charge on any atom is 0.273 e. The zero-order chi connectivity index (χ0) is 19.0. The molecule has 6 nitrogen and oxygen atoms in total. The van der Waals surface area contributed by atoms with Crippen LogP contribution in [0.25, 0.3) is 11.3 Å². The van der Waals surface area contributed by atoms with E-state index < -0.39 is 0 Å². The van der Waals surface area contributed by atoms with Crippen LogP contribution in [0, 0.1) is 0 Å². The molecule has 2 aromatic carbocycles. The van der Waals surface area contributed by atoms with E-state index >= 15 is 0 Å². The van der Waals surface area contributed by atoms with Crippen LogP contribution < -0.4 is 10.1 Å². The van der Waals surface area contributed by atoms with Crippen molar-refractivity contribution in [1.82, 2.24) is 10.2 Å². The van der Waals surface area contributed by atoms with Crippen molar-refractivity contribution in [3.05, 3.63) is 64.8 Å². The number of anilines is 1. The molecular formula is C21H19N3O3. The summed E-state index contributed by atoms with van der Waals surface area (Å²) < 4.78 is 5.29. The van der Waals surface area contributed by atoms with Crippen molar-refractivity contribution >= 4 is 17.4 Å². The molecule has 1 amide bonds. The Kier molecular flexibility index (Phi) is 4.24. The average Bonchev–Trinajstić information content (AvgIpc) is 3.12. The van der Waals surface area contributed by atoms with Gasteiger partial charge in [-0.1, -0.05) is 0 Å². The van der Waals surface area contributed by atoms with Crippen molar-refractivity contribution in [3.8, 4) is 17.0 Å². The van der Waals surface area contributed by atoms with Crippen LogP contribution in [-0.2, 0) is 12.8 Å². The van der Waals surface area contributed by atoms with E-state index in [1.807, 2.05) is 18.2 Å². The van der Waals surface area contributed by atoms with Crippen molar-refractivity contribution in [2.75, 3.05) is 12.4 Å². The zero-order valence-corrected chi connectivity index (χ0v) is 15.1. The number of rotatable bonds is 4. The normalized spacial score (nSPS) is 12.1. The largest absolute Gasteiger partial charge is 0.497 e. The molecule has 0 bridgehead atoms. The molecule has 0 spiro atoms. The lowest BCUT2D eigenvalue weighted by Crippen LogP contribution is -2.16. The molecule has 1 heterocycles. The first-order valence-electron chi connectivity index (χ1n) is 8.73. The van der Waals surface area contributed by atoms with Gasteiger partial charge in [0.25, 0.3) is 5.91 Å². The number of carbonyl (C=O) groups excluding carboxylic acids is 2. The molecule has 1 aliphatic rings. The van der Waals surface area contributed by atoms with Crippen molar-refractivity contribution < 1.29 is 14.3 Å². The summed E-state index contributed by atoms with van der Waals surface area (Å²) in [4.78, 5) is 24.1. The summed E-state index contributed by atoms with van der Waals surface area (Å²) in [6, 6.07) is 12.7. The molecule has 0 aliphatic heterocycles. The lowest BCUT2D eigenvalue weighted by atomic mass is 9.89. The lowest BCUT2D eigenvalue weighted by molar-refractivity contribution is 0.101. The molecule has 27 heavy (non-hydrogen) atoms. The number of aromatic amines is 1. The van der Waals surface area contributed by atoms with Crippen LogP contribution in [0.3, 0.4) is 0 Å². The Morgan fingerprint density at radius 2 is 1.89 bits per heavy atom. The van der Waals surface area contributed by atoms with Crippen LogP contribution in [0.1, 0.15) is 38.9 Å². The van der Waals surface area contributed by atoms with Gasteiger partial charge in [0.1, 0.15) is 11.4 Å². The van der Waals surface area contributed by atoms with Gasteiger partial charge in [0.05, 0.1) is 12.8 Å². The molecule has 136 valence electrons. The van der Waals surface area contributed by atoms with Crippen LogP contribution >= 0.6 is 0 Å². The minimum absolute atomic E-state index is 0.00851. The fraction of sp³-hybridized carbons (Fsp3) is 0.190. The first-order valence-corrected chi connectivity index (χ1v) is 8.73. The Morgan fingerprint density at radius 1 is 1.11 bits per heavy atom. The van der Waals surface area contributed by atoms with E-state index in [1.165, 1.54) is 12.5 Å². The van der Waals surface area contributed by atoms with Gasteiger partial charge in [-0.3, -0.25) is 14.7 Å². The van der Waals surface area contributed by atoms with Gasteiger partial charge in [0.2, 0.25) is 0 Å². The predicted octanol–water partition coefficient (Wildman–Crippen LogP) is 3.64. The maximum absolute atomic E-state index is 12.7. The van der Waals surface area contributed by atoms with E-state index in [0.717, 1.165) is 35.4 Å². The number of fused-ring (bicyclic) bond motifs is 3. The number of methoxy groups -OCH3 is 1. The fourth-order valence-corrected chi connectivity index (χ4v) is 3.40. The minimum atomic E-state index is -0.240. The molecule has 1 aromatic heterocycles. The Morgan fingerprint density at radius 3 is 2.59 bits per heavy atom. The second-order valence-corrected chi connectivity index (χ2v) is 6.54. The molecule has 0 radical (unpaired) electrons. The summed E-state index contributed by atoms with van der Waals surface area (Å²) in [5.74, 6) is 0.571. The Labute approximate surface area is 156 Å². The second kappa shape index (κ2) is 6.72. The van der Waals surface area contributed by atoms with Crippen LogP contribution in [-0.4, -0.2) is 29.0 Å². The third kappa shape index (κ3) is 3.10. The number of amides is 1. The number of nitrogens with zero attached hydrogens (tertiary/aromatic N) is 1. The first-order chi connectivity index (χ1) is 13.1. The number of carbonyl (C=O) groups is 2. The van der Waals surface area contributed by atoms with Gasteiger partial charge in [-0.15, -0.1) is 0 Å². The Bertz CT molecular complexity index is 1040. The van der Waals surface area contributed by atoms with Gasteiger partial charge in [-0.25, -0.2) is 0 Å². The number of aryl methyl sites for hydroxylation is 1. The summed E-state index contributed by atoms with van der Waals surface area (Å²) in [6.07, 6.45) is 1.56. The molecule has 0 fully saturated rings. The summed E-state index contributed by atoms with van der Waals surface area (Å²) in [6.45, 7) is 1.51. The smallest absolute Gasteiger partial charge is 0.273 e. The van der Waals surface area contributed by atoms with E-state index in [2.05, 4.69) is 15.5 Å². The highest BCUT2D eigenvalue weighted by Gasteiger charge is 2.25. The SMILES string of the molecule is COc1ccc2c(c1)CCc1c-2n[nH]c1C(=O)Nc1ccc(C(C)=O)cc1. The summed E-state index contributed by atoms with van der Waals surface area (Å²) >= 11 is 0. The van der Waals surface area contributed by atoms with E-state index in [4.69, 9.17) is 4.74 Å². The number of nitrogens with one attached hydrogen (secondary N) is 2. The van der Waals surface area contributed by atoms with Crippen molar-refractivity contribution in [1.29, 1.82) is 0 Å². The Hall–Kier alpha value is -3.41. The third-order valence-corrected chi connectivity index (χ3v) is 4.86. The predicted molar refractivity (Wildman–Crippen MR) is 102 cm³/mol. The molecule has 3 aromatic rings. The average molecular weight is 361 g/mol. The molecule has 0 saturated carbocycles. The second-order valence-electron chi connectivity index (χ2n) is 6.54. The highest BCUT2D eigenvalue weighted by molar-refractivity contribution is 6.05. The number of ketones is 1. The van der Waals surface area contributed by atoms with Crippen molar-refractivity contribution in [3.63, 3.8) is 0 Å². The maximum atomic E-state index is 12.7. The molecule has 0 saturated heterocycles. The topological polar surface area (TPSA) is 84.1 Å². The van der Waals surface area contributed by atoms with Gasteiger partial charge in [-0.05, 0) is 67.8 Å². The van der Waals surface area contributed by atoms with Gasteiger partial charge in [0, 0.05) is 22.4 Å². The summed E-state index contributed by atoms with van der Waals surface area (Å²) in [7, 11) is 1.65. The van der Waals surface area contributed by atoms with E-state index in [9.17, 15) is 9.59 Å². The highest BCUT2D eigenvalue weighted by Crippen LogP contribution is 2.35. The highest BCUT2D eigenvalue weighted by atomic mass is 16.5. The van der Waals surface area contributed by atoms with Crippen molar-refractivity contribution in [2.45, 2.75) is 19.8 Å².